The Morgan fingerprint density at radius 2 is 1.93 bits per heavy atom. The molecular formula is C22H25BrFN3O2. The highest BCUT2D eigenvalue weighted by molar-refractivity contribution is 9.10. The van der Waals surface area contributed by atoms with Gasteiger partial charge in [0.25, 0.3) is 0 Å². The fraction of sp³-hybridized carbons (Fsp3) is 0.364. The molecule has 1 aliphatic rings. The van der Waals surface area contributed by atoms with Crippen molar-refractivity contribution >= 4 is 33.6 Å². The van der Waals surface area contributed by atoms with Gasteiger partial charge in [-0.05, 0) is 50.5 Å². The molecular weight excluding hydrogens is 437 g/mol. The summed E-state index contributed by atoms with van der Waals surface area (Å²) in [5, 5.41) is 5.60. The van der Waals surface area contributed by atoms with Crippen LogP contribution in [0.2, 0.25) is 0 Å². The van der Waals surface area contributed by atoms with E-state index >= 15 is 0 Å². The van der Waals surface area contributed by atoms with Crippen LogP contribution in [0.3, 0.4) is 0 Å². The number of urea groups is 1. The fourth-order valence-electron chi connectivity index (χ4n) is 3.48. The number of anilines is 1. The van der Waals surface area contributed by atoms with Crippen molar-refractivity contribution in [3.05, 3.63) is 63.9 Å². The van der Waals surface area contributed by atoms with Gasteiger partial charge in [-0.3, -0.25) is 4.79 Å². The van der Waals surface area contributed by atoms with Gasteiger partial charge in [0.1, 0.15) is 5.82 Å². The van der Waals surface area contributed by atoms with Crippen LogP contribution in [0, 0.1) is 18.2 Å². The van der Waals surface area contributed by atoms with E-state index < -0.39 is 17.3 Å². The maximum Gasteiger partial charge on any atom is 0.321 e. The maximum absolute atomic E-state index is 14.0. The van der Waals surface area contributed by atoms with Gasteiger partial charge < -0.3 is 15.5 Å². The molecule has 1 heterocycles. The molecule has 0 radical (unpaired) electrons. The summed E-state index contributed by atoms with van der Waals surface area (Å²) in [4.78, 5) is 27.1. The number of aryl methyl sites for hydroxylation is 1. The Hall–Kier alpha value is -2.41. The summed E-state index contributed by atoms with van der Waals surface area (Å²) in [6, 6.07) is 12.1. The van der Waals surface area contributed by atoms with Gasteiger partial charge in [0.05, 0.1) is 11.1 Å². The number of carbonyl (C=O) groups is 2. The van der Waals surface area contributed by atoms with E-state index in [0.717, 1.165) is 5.56 Å². The van der Waals surface area contributed by atoms with E-state index in [2.05, 4.69) is 26.6 Å². The van der Waals surface area contributed by atoms with E-state index in [-0.39, 0.29) is 18.1 Å². The predicted molar refractivity (Wildman–Crippen MR) is 115 cm³/mol. The molecule has 0 aromatic heterocycles. The smallest absolute Gasteiger partial charge is 0.321 e. The van der Waals surface area contributed by atoms with Crippen molar-refractivity contribution in [3.8, 4) is 0 Å². The van der Waals surface area contributed by atoms with Crippen LogP contribution in [0.25, 0.3) is 0 Å². The minimum Gasteiger partial charge on any atom is -0.351 e. The lowest BCUT2D eigenvalue weighted by Crippen LogP contribution is -2.52. The first-order valence-electron chi connectivity index (χ1n) is 9.62. The molecule has 3 amide bonds. The van der Waals surface area contributed by atoms with Crippen molar-refractivity contribution in [2.24, 2.45) is 5.41 Å². The van der Waals surface area contributed by atoms with E-state index in [9.17, 15) is 14.0 Å². The third-order valence-corrected chi connectivity index (χ3v) is 5.77. The number of nitrogens with zero attached hydrogens (tertiary/aromatic N) is 1. The van der Waals surface area contributed by atoms with Gasteiger partial charge in [0.2, 0.25) is 5.91 Å². The number of piperidine rings is 1. The molecule has 0 spiro atoms. The largest absolute Gasteiger partial charge is 0.351 e. The van der Waals surface area contributed by atoms with Crippen LogP contribution in [-0.2, 0) is 11.3 Å². The molecule has 0 bridgehead atoms. The Morgan fingerprint density at radius 3 is 2.62 bits per heavy atom. The first kappa shape index (κ1) is 21.3. The number of nitrogens with one attached hydrogen (secondary N) is 2. The highest BCUT2D eigenvalue weighted by atomic mass is 79.9. The number of benzene rings is 2. The van der Waals surface area contributed by atoms with Crippen LogP contribution in [0.1, 0.15) is 30.9 Å². The zero-order valence-corrected chi connectivity index (χ0v) is 18.2. The second kappa shape index (κ2) is 8.95. The van der Waals surface area contributed by atoms with Crippen LogP contribution < -0.4 is 10.6 Å². The summed E-state index contributed by atoms with van der Waals surface area (Å²) in [6.07, 6.45) is 1.41. The molecule has 1 fully saturated rings. The Labute approximate surface area is 178 Å². The third kappa shape index (κ3) is 5.35. The fourth-order valence-corrected chi connectivity index (χ4v) is 3.82. The Bertz CT molecular complexity index is 903. The van der Waals surface area contributed by atoms with E-state index in [1.165, 1.54) is 17.7 Å². The van der Waals surface area contributed by atoms with Crippen LogP contribution in [0.15, 0.2) is 46.9 Å². The van der Waals surface area contributed by atoms with Crippen LogP contribution in [0.5, 0.6) is 0 Å². The second-order valence-corrected chi connectivity index (χ2v) is 8.72. The molecule has 0 aliphatic carbocycles. The maximum atomic E-state index is 14.0. The lowest BCUT2D eigenvalue weighted by atomic mass is 9.81. The number of rotatable bonds is 4. The zero-order valence-electron chi connectivity index (χ0n) is 16.6. The molecule has 2 N–H and O–H groups in total. The van der Waals surface area contributed by atoms with Crippen molar-refractivity contribution in [2.45, 2.75) is 33.2 Å². The molecule has 2 aromatic carbocycles. The van der Waals surface area contributed by atoms with Crippen molar-refractivity contribution in [1.29, 1.82) is 0 Å². The SMILES string of the molecule is Cc1ccc(CNC(=O)[C@]2(C)CCCN(C(=O)Nc3ccc(Br)cc3F)C2)cc1. The molecule has 2 aromatic rings. The molecule has 1 atom stereocenters. The minimum absolute atomic E-state index is 0.0783. The lowest BCUT2D eigenvalue weighted by molar-refractivity contribution is -0.132. The first-order chi connectivity index (χ1) is 13.8. The summed E-state index contributed by atoms with van der Waals surface area (Å²) < 4.78 is 14.6. The summed E-state index contributed by atoms with van der Waals surface area (Å²) in [7, 11) is 0. The molecule has 29 heavy (non-hydrogen) atoms. The third-order valence-electron chi connectivity index (χ3n) is 5.28. The molecule has 1 saturated heterocycles. The van der Waals surface area contributed by atoms with Gasteiger partial charge in [-0.15, -0.1) is 0 Å². The van der Waals surface area contributed by atoms with E-state index in [1.54, 1.807) is 11.0 Å². The van der Waals surface area contributed by atoms with Crippen LogP contribution in [0.4, 0.5) is 14.9 Å². The molecule has 7 heteroatoms. The zero-order chi connectivity index (χ0) is 21.0. The van der Waals surface area contributed by atoms with Crippen molar-refractivity contribution in [1.82, 2.24) is 10.2 Å². The molecule has 1 aliphatic heterocycles. The number of carbonyl (C=O) groups excluding carboxylic acids is 2. The predicted octanol–water partition coefficient (Wildman–Crippen LogP) is 4.85. The monoisotopic (exact) mass is 461 g/mol. The minimum atomic E-state index is -0.682. The average molecular weight is 462 g/mol. The Balaban J connectivity index is 1.60. The van der Waals surface area contributed by atoms with Gasteiger partial charge >= 0.3 is 6.03 Å². The highest BCUT2D eigenvalue weighted by Gasteiger charge is 2.39. The number of hydrogen-bond acceptors (Lipinski definition) is 2. The number of amides is 3. The average Bonchev–Trinajstić information content (AvgIpc) is 2.69. The van der Waals surface area contributed by atoms with E-state index in [4.69, 9.17) is 0 Å². The van der Waals surface area contributed by atoms with E-state index in [1.807, 2.05) is 38.1 Å². The summed E-state index contributed by atoms with van der Waals surface area (Å²) in [5.41, 5.74) is 1.64. The molecule has 0 unspecified atom stereocenters. The highest BCUT2D eigenvalue weighted by Crippen LogP contribution is 2.30. The number of halogens is 2. The van der Waals surface area contributed by atoms with E-state index in [0.29, 0.717) is 30.4 Å². The molecule has 154 valence electrons. The Morgan fingerprint density at radius 1 is 1.21 bits per heavy atom. The van der Waals surface area contributed by atoms with Crippen molar-refractivity contribution in [2.75, 3.05) is 18.4 Å². The number of likely N-dealkylation sites (tertiary alicyclic amines) is 1. The van der Waals surface area contributed by atoms with Crippen molar-refractivity contribution in [3.63, 3.8) is 0 Å². The van der Waals surface area contributed by atoms with Crippen molar-refractivity contribution < 1.29 is 14.0 Å². The van der Waals surface area contributed by atoms with Gasteiger partial charge in [0, 0.05) is 24.1 Å². The molecule has 3 rings (SSSR count). The first-order valence-corrected chi connectivity index (χ1v) is 10.4. The standard InChI is InChI=1S/C22H25BrFN3O2/c1-15-4-6-16(7-5-15)13-25-20(28)22(2)10-3-11-27(14-22)21(29)26-19-9-8-17(23)12-18(19)24/h4-9,12H,3,10-11,13-14H2,1-2H3,(H,25,28)(H,26,29)/t22-/m1/s1. The summed E-state index contributed by atoms with van der Waals surface area (Å²) in [5.74, 6) is -0.589. The lowest BCUT2D eigenvalue weighted by Gasteiger charge is -2.39. The van der Waals surface area contributed by atoms with Gasteiger partial charge in [-0.2, -0.15) is 0 Å². The summed E-state index contributed by atoms with van der Waals surface area (Å²) in [6.45, 7) is 5.16. The second-order valence-electron chi connectivity index (χ2n) is 7.81. The number of hydrogen-bond donors (Lipinski definition) is 2. The van der Waals surface area contributed by atoms with Gasteiger partial charge in [-0.1, -0.05) is 45.8 Å². The Kier molecular flexibility index (Phi) is 6.57. The normalized spacial score (nSPS) is 19.0. The molecule has 5 nitrogen and oxygen atoms in total. The topological polar surface area (TPSA) is 61.4 Å². The van der Waals surface area contributed by atoms with Gasteiger partial charge in [-0.25, -0.2) is 9.18 Å². The van der Waals surface area contributed by atoms with Crippen LogP contribution in [-0.4, -0.2) is 29.9 Å². The van der Waals surface area contributed by atoms with Gasteiger partial charge in [0.15, 0.2) is 0 Å². The quantitative estimate of drug-likeness (QED) is 0.683. The molecule has 0 saturated carbocycles. The summed E-state index contributed by atoms with van der Waals surface area (Å²) >= 11 is 3.20. The van der Waals surface area contributed by atoms with Crippen LogP contribution >= 0.6 is 15.9 Å².